The highest BCUT2D eigenvalue weighted by Gasteiger charge is 2.18. The van der Waals surface area contributed by atoms with E-state index in [-0.39, 0.29) is 0 Å². The maximum Gasteiger partial charge on any atom is 0.136 e. The third-order valence-corrected chi connectivity index (χ3v) is 13.0. The number of benzene rings is 11. The molecule has 0 radical (unpaired) electrons. The molecule has 3 nitrogen and oxygen atoms in total. The van der Waals surface area contributed by atoms with E-state index in [1.54, 1.807) is 0 Å². The van der Waals surface area contributed by atoms with E-state index >= 15 is 0 Å². The predicted octanol–water partition coefficient (Wildman–Crippen LogP) is 16.9. The molecule has 294 valence electrons. The second-order valence-electron chi connectivity index (χ2n) is 16.5. The Morgan fingerprint density at radius 2 is 0.714 bits per heavy atom. The minimum atomic E-state index is 0.899. The van der Waals surface area contributed by atoms with E-state index in [9.17, 15) is 0 Å². The maximum absolute atomic E-state index is 6.28. The molecule has 11 aromatic carbocycles. The van der Waals surface area contributed by atoms with Crippen LogP contribution in [0.2, 0.25) is 0 Å². The van der Waals surface area contributed by atoms with Crippen LogP contribution >= 0.6 is 0 Å². The van der Waals surface area contributed by atoms with E-state index in [1.807, 2.05) is 12.1 Å². The fourth-order valence-corrected chi connectivity index (χ4v) is 10.0. The van der Waals surface area contributed by atoms with E-state index in [0.717, 1.165) is 61.4 Å². The third kappa shape index (κ3) is 5.67. The number of hydrogen-bond donors (Lipinski definition) is 0. The van der Waals surface area contributed by atoms with Gasteiger partial charge in [-0.05, 0) is 133 Å². The zero-order valence-electron chi connectivity index (χ0n) is 34.2. The number of rotatable bonds is 6. The monoisotopic (exact) mass is 802 g/mol. The van der Waals surface area contributed by atoms with E-state index in [0.29, 0.717) is 0 Å². The van der Waals surface area contributed by atoms with Gasteiger partial charge >= 0.3 is 0 Å². The number of anilines is 3. The Balaban J connectivity index is 0.929. The van der Waals surface area contributed by atoms with Gasteiger partial charge in [0.2, 0.25) is 0 Å². The molecule has 0 saturated carbocycles. The molecule has 0 fully saturated rings. The van der Waals surface area contributed by atoms with Crippen molar-refractivity contribution in [1.29, 1.82) is 0 Å². The Morgan fingerprint density at radius 3 is 1.33 bits per heavy atom. The number of fused-ring (bicyclic) bond motifs is 12. The SMILES string of the molecule is c1cc(-c2ccc(N(c3ccc(-c4ccc5c(c4)oc4ccccc45)cc3)c3ccc4c5ccccc5c5ccccc5c4c3)cc2)cc(-n2c3ccccc3c3ccccc32)c1. The number of nitrogens with zero attached hydrogens (tertiary/aromatic N) is 2. The van der Waals surface area contributed by atoms with Crippen molar-refractivity contribution in [2.45, 2.75) is 0 Å². The highest BCUT2D eigenvalue weighted by molar-refractivity contribution is 6.26. The molecule has 0 bridgehead atoms. The zero-order chi connectivity index (χ0) is 41.4. The lowest BCUT2D eigenvalue weighted by Gasteiger charge is -2.27. The minimum Gasteiger partial charge on any atom is -0.456 e. The van der Waals surface area contributed by atoms with Gasteiger partial charge in [0.1, 0.15) is 11.2 Å². The van der Waals surface area contributed by atoms with Gasteiger partial charge in [-0.3, -0.25) is 0 Å². The molecule has 0 saturated heterocycles. The second kappa shape index (κ2) is 14.1. The van der Waals surface area contributed by atoms with Crippen molar-refractivity contribution < 1.29 is 4.42 Å². The third-order valence-electron chi connectivity index (χ3n) is 13.0. The molecule has 0 amide bonds. The average Bonchev–Trinajstić information content (AvgIpc) is 3.90. The van der Waals surface area contributed by atoms with E-state index in [1.165, 1.54) is 59.7 Å². The molecule has 2 heterocycles. The van der Waals surface area contributed by atoms with Gasteiger partial charge in [-0.1, -0.05) is 152 Å². The van der Waals surface area contributed by atoms with Crippen LogP contribution in [0.15, 0.2) is 235 Å². The van der Waals surface area contributed by atoms with Gasteiger partial charge in [0.05, 0.1) is 11.0 Å². The number of para-hydroxylation sites is 3. The average molecular weight is 803 g/mol. The highest BCUT2D eigenvalue weighted by atomic mass is 16.3. The first-order chi connectivity index (χ1) is 31.2. The molecule has 0 aliphatic heterocycles. The molecule has 13 aromatic rings. The number of furan rings is 1. The minimum absolute atomic E-state index is 0.899. The summed E-state index contributed by atoms with van der Waals surface area (Å²) in [4.78, 5) is 2.38. The van der Waals surface area contributed by atoms with Crippen molar-refractivity contribution in [1.82, 2.24) is 4.57 Å². The van der Waals surface area contributed by atoms with Gasteiger partial charge < -0.3 is 13.9 Å². The van der Waals surface area contributed by atoms with Gasteiger partial charge in [0.25, 0.3) is 0 Å². The van der Waals surface area contributed by atoms with Crippen LogP contribution in [0.5, 0.6) is 0 Å². The largest absolute Gasteiger partial charge is 0.456 e. The number of hydrogen-bond acceptors (Lipinski definition) is 2. The Labute approximate surface area is 363 Å². The number of aromatic nitrogens is 1. The summed E-state index contributed by atoms with van der Waals surface area (Å²) in [6.07, 6.45) is 0. The quantitative estimate of drug-likeness (QED) is 0.156. The first kappa shape index (κ1) is 35.4. The van der Waals surface area contributed by atoms with Gasteiger partial charge in [0.15, 0.2) is 0 Å². The van der Waals surface area contributed by atoms with Crippen LogP contribution in [-0.2, 0) is 0 Å². The van der Waals surface area contributed by atoms with Crippen LogP contribution in [0.1, 0.15) is 0 Å². The van der Waals surface area contributed by atoms with Crippen LogP contribution in [-0.4, -0.2) is 4.57 Å². The smallest absolute Gasteiger partial charge is 0.136 e. The van der Waals surface area contributed by atoms with Crippen LogP contribution < -0.4 is 4.90 Å². The molecule has 0 aliphatic rings. The second-order valence-corrected chi connectivity index (χ2v) is 16.5. The molecule has 0 atom stereocenters. The highest BCUT2D eigenvalue weighted by Crippen LogP contribution is 2.42. The van der Waals surface area contributed by atoms with Crippen LogP contribution in [0.4, 0.5) is 17.1 Å². The maximum atomic E-state index is 6.28. The molecular weight excluding hydrogens is 765 g/mol. The van der Waals surface area contributed by atoms with Crippen molar-refractivity contribution in [3.63, 3.8) is 0 Å². The van der Waals surface area contributed by atoms with Crippen LogP contribution in [0.3, 0.4) is 0 Å². The van der Waals surface area contributed by atoms with Gasteiger partial charge in [-0.25, -0.2) is 0 Å². The fraction of sp³-hybridized carbons (Fsp3) is 0. The van der Waals surface area contributed by atoms with Crippen molar-refractivity contribution in [3.8, 4) is 27.9 Å². The summed E-state index contributed by atoms with van der Waals surface area (Å²) in [6, 6.07) is 83.6. The Hall–Kier alpha value is -8.40. The first-order valence-electron chi connectivity index (χ1n) is 21.6. The van der Waals surface area contributed by atoms with Gasteiger partial charge in [0, 0.05) is 44.3 Å². The molecule has 0 unspecified atom stereocenters. The summed E-state index contributed by atoms with van der Waals surface area (Å²) < 4.78 is 8.66. The molecule has 0 spiro atoms. The molecular formula is C60H38N2O. The van der Waals surface area contributed by atoms with Crippen molar-refractivity contribution in [3.05, 3.63) is 231 Å². The normalized spacial score (nSPS) is 11.8. The van der Waals surface area contributed by atoms with E-state index in [4.69, 9.17) is 4.42 Å². The molecule has 0 aliphatic carbocycles. The summed E-state index contributed by atoms with van der Waals surface area (Å²) in [5.41, 5.74) is 13.2. The summed E-state index contributed by atoms with van der Waals surface area (Å²) in [6.45, 7) is 0. The van der Waals surface area contributed by atoms with Crippen molar-refractivity contribution in [2.75, 3.05) is 4.90 Å². The van der Waals surface area contributed by atoms with E-state index in [2.05, 4.69) is 228 Å². The first-order valence-corrected chi connectivity index (χ1v) is 21.6. The molecule has 0 N–H and O–H groups in total. The topological polar surface area (TPSA) is 21.3 Å². The van der Waals surface area contributed by atoms with Crippen LogP contribution in [0.25, 0.3) is 104 Å². The van der Waals surface area contributed by atoms with E-state index < -0.39 is 0 Å². The lowest BCUT2D eigenvalue weighted by Crippen LogP contribution is -2.10. The van der Waals surface area contributed by atoms with Gasteiger partial charge in [-0.2, -0.15) is 0 Å². The molecule has 63 heavy (non-hydrogen) atoms. The van der Waals surface area contributed by atoms with Crippen LogP contribution in [0, 0.1) is 0 Å². The summed E-state index contributed by atoms with van der Waals surface area (Å²) >= 11 is 0. The zero-order valence-corrected chi connectivity index (χ0v) is 34.2. The Kier molecular flexibility index (Phi) is 7.91. The standard InChI is InChI=1S/C60H38N2O/c1-2-16-49-47(14-1)48-15-3-4-17-50(48)56-38-46(33-35-51(49)56)61(44-31-26-40(27-32-44)42-28-34-55-54-20-7-10-23-59(54)63-60(55)37-42)43-29-24-39(25-30-43)41-12-11-13-45(36-41)62-57-21-8-5-18-52(57)53-19-6-9-22-58(53)62/h1-38H. The molecule has 3 heteroatoms. The Morgan fingerprint density at radius 1 is 0.270 bits per heavy atom. The summed E-state index contributed by atoms with van der Waals surface area (Å²) in [5, 5.41) is 12.4. The predicted molar refractivity (Wildman–Crippen MR) is 266 cm³/mol. The lowest BCUT2D eigenvalue weighted by molar-refractivity contribution is 0.669. The fourth-order valence-electron chi connectivity index (χ4n) is 10.0. The molecule has 13 rings (SSSR count). The lowest BCUT2D eigenvalue weighted by atomic mass is 9.94. The summed E-state index contributed by atoms with van der Waals surface area (Å²) in [5.74, 6) is 0. The van der Waals surface area contributed by atoms with Crippen molar-refractivity contribution >= 4 is 93.1 Å². The van der Waals surface area contributed by atoms with Crippen molar-refractivity contribution in [2.24, 2.45) is 0 Å². The summed E-state index contributed by atoms with van der Waals surface area (Å²) in [7, 11) is 0. The van der Waals surface area contributed by atoms with Gasteiger partial charge in [-0.15, -0.1) is 0 Å². The molecule has 2 aromatic heterocycles. The Bertz CT molecular complexity index is 3820.